The molecule has 1 aromatic carbocycles. The van der Waals surface area contributed by atoms with E-state index in [0.29, 0.717) is 17.5 Å². The summed E-state index contributed by atoms with van der Waals surface area (Å²) >= 11 is 0. The summed E-state index contributed by atoms with van der Waals surface area (Å²) in [6.07, 6.45) is 3.41. The number of rotatable bonds is 8. The van der Waals surface area contributed by atoms with E-state index in [1.165, 1.54) is 18.9 Å². The van der Waals surface area contributed by atoms with Crippen LogP contribution in [-0.2, 0) is 11.3 Å². The molecule has 6 heteroatoms. The van der Waals surface area contributed by atoms with Crippen LogP contribution in [0.15, 0.2) is 23.4 Å². The van der Waals surface area contributed by atoms with Crippen LogP contribution in [-0.4, -0.2) is 31.3 Å². The number of methoxy groups -OCH3 is 1. The molecular formula is C15H22FN3O2. The van der Waals surface area contributed by atoms with Crippen LogP contribution in [0.3, 0.4) is 0 Å². The van der Waals surface area contributed by atoms with Gasteiger partial charge in [0.05, 0.1) is 5.56 Å². The molecule has 1 aliphatic carbocycles. The highest BCUT2D eigenvalue weighted by Crippen LogP contribution is 2.48. The number of amidine groups is 1. The number of hydrogen-bond donors (Lipinski definition) is 3. The van der Waals surface area contributed by atoms with E-state index < -0.39 is 5.82 Å². The normalized spacial score (nSPS) is 17.0. The summed E-state index contributed by atoms with van der Waals surface area (Å²) in [5.74, 6) is -0.657. The average molecular weight is 295 g/mol. The Bertz CT molecular complexity index is 516. The van der Waals surface area contributed by atoms with E-state index in [4.69, 9.17) is 15.7 Å². The molecule has 1 saturated carbocycles. The van der Waals surface area contributed by atoms with E-state index in [-0.39, 0.29) is 11.4 Å². The quantitative estimate of drug-likeness (QED) is 0.296. The molecule has 4 N–H and O–H groups in total. The fourth-order valence-electron chi connectivity index (χ4n) is 2.44. The van der Waals surface area contributed by atoms with Gasteiger partial charge in [-0.2, -0.15) is 0 Å². The lowest BCUT2D eigenvalue weighted by molar-refractivity contribution is 0.171. The van der Waals surface area contributed by atoms with Gasteiger partial charge in [-0.05, 0) is 30.7 Å². The van der Waals surface area contributed by atoms with Crippen LogP contribution in [0.25, 0.3) is 0 Å². The third-order valence-corrected chi connectivity index (χ3v) is 4.07. The van der Waals surface area contributed by atoms with Gasteiger partial charge in [-0.3, -0.25) is 0 Å². The van der Waals surface area contributed by atoms with Gasteiger partial charge in [-0.1, -0.05) is 17.3 Å². The number of nitrogens with two attached hydrogens (primary N) is 1. The summed E-state index contributed by atoms with van der Waals surface area (Å²) in [4.78, 5) is 0. The van der Waals surface area contributed by atoms with E-state index >= 15 is 0 Å². The molecular weight excluding hydrogens is 273 g/mol. The van der Waals surface area contributed by atoms with E-state index in [1.54, 1.807) is 19.2 Å². The molecule has 0 bridgehead atoms. The number of nitrogens with one attached hydrogen (secondary N) is 1. The zero-order chi connectivity index (χ0) is 15.3. The Labute approximate surface area is 124 Å². The minimum atomic E-state index is -0.443. The SMILES string of the molecule is COCCC1(CNCc2cccc(/C(N)=N/O)c2F)CC1. The molecule has 0 aliphatic heterocycles. The molecule has 1 aliphatic rings. The summed E-state index contributed by atoms with van der Waals surface area (Å²) in [7, 11) is 1.71. The lowest BCUT2D eigenvalue weighted by atomic mass is 10.0. The van der Waals surface area contributed by atoms with E-state index in [2.05, 4.69) is 10.5 Å². The summed E-state index contributed by atoms with van der Waals surface area (Å²) in [5, 5.41) is 14.8. The van der Waals surface area contributed by atoms with Crippen LogP contribution in [0.2, 0.25) is 0 Å². The van der Waals surface area contributed by atoms with Crippen LogP contribution in [0, 0.1) is 11.2 Å². The Balaban J connectivity index is 1.92. The summed E-state index contributed by atoms with van der Waals surface area (Å²) in [5.41, 5.74) is 6.41. The zero-order valence-electron chi connectivity index (χ0n) is 12.2. The molecule has 0 spiro atoms. The van der Waals surface area contributed by atoms with Crippen molar-refractivity contribution >= 4 is 5.84 Å². The van der Waals surface area contributed by atoms with E-state index in [0.717, 1.165) is 19.6 Å². The van der Waals surface area contributed by atoms with Crippen LogP contribution in [0.1, 0.15) is 30.4 Å². The molecule has 0 heterocycles. The van der Waals surface area contributed by atoms with Crippen LogP contribution >= 0.6 is 0 Å². The van der Waals surface area contributed by atoms with Gasteiger partial charge in [0, 0.05) is 32.4 Å². The Hall–Kier alpha value is -1.66. The highest BCUT2D eigenvalue weighted by Gasteiger charge is 2.41. The summed E-state index contributed by atoms with van der Waals surface area (Å²) < 4.78 is 19.3. The average Bonchev–Trinajstić information content (AvgIpc) is 3.26. The van der Waals surface area contributed by atoms with Gasteiger partial charge in [0.25, 0.3) is 0 Å². The number of hydrogen-bond acceptors (Lipinski definition) is 4. The highest BCUT2D eigenvalue weighted by molar-refractivity contribution is 5.97. The van der Waals surface area contributed by atoms with Crippen molar-refractivity contribution in [3.05, 3.63) is 35.1 Å². The number of ether oxygens (including phenoxy) is 1. The molecule has 0 amide bonds. The third-order valence-electron chi connectivity index (χ3n) is 4.07. The standard InChI is InChI=1S/C15H22FN3O2/c1-21-8-7-15(5-6-15)10-18-9-11-3-2-4-12(13(11)16)14(17)19-20/h2-4,18,20H,5-10H2,1H3,(H2,17,19). The minimum Gasteiger partial charge on any atom is -0.409 e. The third kappa shape index (κ3) is 3.92. The Kier molecular flexibility index (Phi) is 5.14. The number of halogens is 1. The van der Waals surface area contributed by atoms with Crippen molar-refractivity contribution < 1.29 is 14.3 Å². The van der Waals surface area contributed by atoms with E-state index in [1.807, 2.05) is 0 Å². The topological polar surface area (TPSA) is 79.9 Å². The number of benzene rings is 1. The van der Waals surface area contributed by atoms with Gasteiger partial charge in [0.2, 0.25) is 0 Å². The fourth-order valence-corrected chi connectivity index (χ4v) is 2.44. The molecule has 1 aromatic rings. The smallest absolute Gasteiger partial charge is 0.173 e. The fraction of sp³-hybridized carbons (Fsp3) is 0.533. The van der Waals surface area contributed by atoms with Gasteiger partial charge < -0.3 is 21.0 Å². The molecule has 0 saturated heterocycles. The summed E-state index contributed by atoms with van der Waals surface area (Å²) in [6.45, 7) is 2.03. The Morgan fingerprint density at radius 3 is 2.90 bits per heavy atom. The lowest BCUT2D eigenvalue weighted by Crippen LogP contribution is -2.25. The number of oxime groups is 1. The van der Waals surface area contributed by atoms with Crippen molar-refractivity contribution in [1.82, 2.24) is 5.32 Å². The molecule has 0 aromatic heterocycles. The highest BCUT2D eigenvalue weighted by atomic mass is 19.1. The van der Waals surface area contributed by atoms with Crippen molar-refractivity contribution in [2.45, 2.75) is 25.8 Å². The van der Waals surface area contributed by atoms with Crippen LogP contribution in [0.5, 0.6) is 0 Å². The largest absolute Gasteiger partial charge is 0.409 e. The molecule has 0 unspecified atom stereocenters. The van der Waals surface area contributed by atoms with Crippen molar-refractivity contribution in [2.24, 2.45) is 16.3 Å². The maximum atomic E-state index is 14.2. The van der Waals surface area contributed by atoms with Gasteiger partial charge in [0.15, 0.2) is 5.84 Å². The predicted molar refractivity (Wildman–Crippen MR) is 78.8 cm³/mol. The maximum Gasteiger partial charge on any atom is 0.173 e. The minimum absolute atomic E-state index is 0.123. The van der Waals surface area contributed by atoms with Gasteiger partial charge in [-0.25, -0.2) is 4.39 Å². The Morgan fingerprint density at radius 1 is 1.52 bits per heavy atom. The second-order valence-electron chi connectivity index (χ2n) is 5.61. The number of nitrogens with zero attached hydrogens (tertiary/aromatic N) is 1. The van der Waals surface area contributed by atoms with Gasteiger partial charge >= 0.3 is 0 Å². The lowest BCUT2D eigenvalue weighted by Gasteiger charge is -2.16. The zero-order valence-corrected chi connectivity index (χ0v) is 12.2. The second kappa shape index (κ2) is 6.87. The molecule has 5 nitrogen and oxygen atoms in total. The Morgan fingerprint density at radius 2 is 2.29 bits per heavy atom. The van der Waals surface area contributed by atoms with Gasteiger partial charge in [-0.15, -0.1) is 0 Å². The van der Waals surface area contributed by atoms with Crippen LogP contribution < -0.4 is 11.1 Å². The molecule has 0 atom stereocenters. The molecule has 21 heavy (non-hydrogen) atoms. The molecule has 1 fully saturated rings. The van der Waals surface area contributed by atoms with Gasteiger partial charge in [0.1, 0.15) is 5.82 Å². The maximum absolute atomic E-state index is 14.2. The van der Waals surface area contributed by atoms with Crippen LogP contribution in [0.4, 0.5) is 4.39 Å². The van der Waals surface area contributed by atoms with Crippen molar-refractivity contribution in [3.63, 3.8) is 0 Å². The predicted octanol–water partition coefficient (Wildman–Crippen LogP) is 1.83. The molecule has 2 rings (SSSR count). The monoisotopic (exact) mass is 295 g/mol. The van der Waals surface area contributed by atoms with Crippen molar-refractivity contribution in [1.29, 1.82) is 0 Å². The molecule has 116 valence electrons. The molecule has 0 radical (unpaired) electrons. The second-order valence-corrected chi connectivity index (χ2v) is 5.61. The first-order valence-corrected chi connectivity index (χ1v) is 7.07. The van der Waals surface area contributed by atoms with Crippen molar-refractivity contribution in [3.8, 4) is 0 Å². The summed E-state index contributed by atoms with van der Waals surface area (Å²) in [6, 6.07) is 4.89. The van der Waals surface area contributed by atoms with E-state index in [9.17, 15) is 4.39 Å². The first-order chi connectivity index (χ1) is 10.1. The first-order valence-electron chi connectivity index (χ1n) is 7.07. The van der Waals surface area contributed by atoms with Crippen molar-refractivity contribution in [2.75, 3.05) is 20.3 Å². The first kappa shape index (κ1) is 15.7.